The summed E-state index contributed by atoms with van der Waals surface area (Å²) in [4.78, 5) is 25.5. The second-order valence-electron chi connectivity index (χ2n) is 6.62. The number of ether oxygens (including phenoxy) is 3. The molecule has 32 heavy (non-hydrogen) atoms. The normalized spacial score (nSPS) is 11.9. The smallest absolute Gasteiger partial charge is 0.273 e. The number of carbonyl (C=O) groups is 2. The second-order valence-corrected chi connectivity index (χ2v) is 7.06. The number of fused-ring (bicyclic) bond motifs is 1. The van der Waals surface area contributed by atoms with Gasteiger partial charge in [0.25, 0.3) is 11.8 Å². The van der Waals surface area contributed by atoms with Crippen LogP contribution in [0.15, 0.2) is 65.8 Å². The van der Waals surface area contributed by atoms with E-state index in [-0.39, 0.29) is 17.9 Å². The van der Waals surface area contributed by atoms with E-state index in [9.17, 15) is 9.59 Å². The topological polar surface area (TPSA) is 98.2 Å². The third-order valence-electron chi connectivity index (χ3n) is 4.62. The summed E-state index contributed by atoms with van der Waals surface area (Å²) in [5.41, 5.74) is 3.91. The Morgan fingerprint density at radius 1 is 1.03 bits per heavy atom. The van der Waals surface area contributed by atoms with Gasteiger partial charge in [0.15, 0.2) is 11.5 Å². The summed E-state index contributed by atoms with van der Waals surface area (Å²) in [5, 5.41) is 7.11. The number of anilines is 1. The monoisotopic (exact) mass is 451 g/mol. The SMILES string of the molecule is COc1ccc(Cl)cc1C(=O)Nc1ccccc1C(=O)NN=Cc1cccc2c1OCO2. The molecule has 4 rings (SSSR count). The van der Waals surface area contributed by atoms with Crippen LogP contribution in [0, 0.1) is 0 Å². The van der Waals surface area contributed by atoms with E-state index in [1.54, 1.807) is 54.6 Å². The highest BCUT2D eigenvalue weighted by atomic mass is 35.5. The van der Waals surface area contributed by atoms with Crippen molar-refractivity contribution in [2.75, 3.05) is 19.2 Å². The molecule has 162 valence electrons. The van der Waals surface area contributed by atoms with Gasteiger partial charge in [0, 0.05) is 10.6 Å². The van der Waals surface area contributed by atoms with Gasteiger partial charge in [0.2, 0.25) is 6.79 Å². The fourth-order valence-electron chi connectivity index (χ4n) is 3.11. The van der Waals surface area contributed by atoms with Crippen LogP contribution in [0.25, 0.3) is 0 Å². The van der Waals surface area contributed by atoms with E-state index in [2.05, 4.69) is 15.8 Å². The van der Waals surface area contributed by atoms with Crippen LogP contribution >= 0.6 is 11.6 Å². The lowest BCUT2D eigenvalue weighted by atomic mass is 10.1. The molecule has 0 saturated carbocycles. The van der Waals surface area contributed by atoms with Crippen LogP contribution in [0.5, 0.6) is 17.2 Å². The minimum atomic E-state index is -0.500. The van der Waals surface area contributed by atoms with Crippen molar-refractivity contribution < 1.29 is 23.8 Å². The van der Waals surface area contributed by atoms with Crippen LogP contribution in [0.1, 0.15) is 26.3 Å². The maximum Gasteiger partial charge on any atom is 0.273 e. The average molecular weight is 452 g/mol. The highest BCUT2D eigenvalue weighted by molar-refractivity contribution is 6.31. The van der Waals surface area contributed by atoms with E-state index in [1.807, 2.05) is 0 Å². The molecular weight excluding hydrogens is 434 g/mol. The zero-order valence-corrected chi connectivity index (χ0v) is 17.7. The number of benzene rings is 3. The van der Waals surface area contributed by atoms with E-state index in [0.29, 0.717) is 33.5 Å². The van der Waals surface area contributed by atoms with Crippen molar-refractivity contribution in [2.24, 2.45) is 5.10 Å². The van der Waals surface area contributed by atoms with Crippen molar-refractivity contribution in [3.8, 4) is 17.2 Å². The van der Waals surface area contributed by atoms with Crippen LogP contribution in [0.3, 0.4) is 0 Å². The first kappa shape index (κ1) is 21.2. The molecular formula is C23H18ClN3O5. The number of carbonyl (C=O) groups excluding carboxylic acids is 2. The van der Waals surface area contributed by atoms with Gasteiger partial charge in [-0.15, -0.1) is 0 Å². The number of rotatable bonds is 6. The number of halogens is 1. The number of methoxy groups -OCH3 is 1. The first-order valence-electron chi connectivity index (χ1n) is 9.53. The van der Waals surface area contributed by atoms with Crippen LogP contribution < -0.4 is 25.0 Å². The van der Waals surface area contributed by atoms with Gasteiger partial charge in [-0.3, -0.25) is 9.59 Å². The molecule has 2 amide bonds. The van der Waals surface area contributed by atoms with E-state index >= 15 is 0 Å². The van der Waals surface area contributed by atoms with Crippen molar-refractivity contribution in [2.45, 2.75) is 0 Å². The molecule has 0 bridgehead atoms. The first-order chi connectivity index (χ1) is 15.6. The fraction of sp³-hybridized carbons (Fsp3) is 0.0870. The minimum absolute atomic E-state index is 0.136. The fourth-order valence-corrected chi connectivity index (χ4v) is 3.28. The molecule has 0 atom stereocenters. The molecule has 0 unspecified atom stereocenters. The Labute approximate surface area is 188 Å². The summed E-state index contributed by atoms with van der Waals surface area (Å²) in [7, 11) is 1.46. The van der Waals surface area contributed by atoms with Gasteiger partial charge in [0.1, 0.15) is 5.75 Å². The predicted molar refractivity (Wildman–Crippen MR) is 120 cm³/mol. The number of hydrogen-bond donors (Lipinski definition) is 2. The summed E-state index contributed by atoms with van der Waals surface area (Å²) in [6.07, 6.45) is 1.46. The molecule has 0 spiro atoms. The summed E-state index contributed by atoms with van der Waals surface area (Å²) in [6.45, 7) is 0.136. The van der Waals surface area contributed by atoms with Gasteiger partial charge >= 0.3 is 0 Å². The van der Waals surface area contributed by atoms with Gasteiger partial charge in [-0.1, -0.05) is 29.8 Å². The lowest BCUT2D eigenvalue weighted by Crippen LogP contribution is -2.21. The van der Waals surface area contributed by atoms with Crippen LogP contribution in [-0.4, -0.2) is 31.9 Å². The molecule has 8 nitrogen and oxygen atoms in total. The van der Waals surface area contributed by atoms with Gasteiger partial charge in [-0.25, -0.2) is 5.43 Å². The molecule has 1 heterocycles. The van der Waals surface area contributed by atoms with Crippen LogP contribution in [-0.2, 0) is 0 Å². The molecule has 0 fully saturated rings. The zero-order valence-electron chi connectivity index (χ0n) is 16.9. The maximum absolute atomic E-state index is 12.8. The van der Waals surface area contributed by atoms with Gasteiger partial charge < -0.3 is 19.5 Å². The van der Waals surface area contributed by atoms with Crippen LogP contribution in [0.2, 0.25) is 5.02 Å². The Hall–Kier alpha value is -4.04. The lowest BCUT2D eigenvalue weighted by molar-refractivity contribution is 0.0956. The number of amides is 2. The van der Waals surface area contributed by atoms with Crippen molar-refractivity contribution >= 4 is 35.3 Å². The first-order valence-corrected chi connectivity index (χ1v) is 9.90. The van der Waals surface area contributed by atoms with E-state index in [4.69, 9.17) is 25.8 Å². The number of hydrogen-bond acceptors (Lipinski definition) is 6. The molecule has 0 aromatic heterocycles. The summed E-state index contributed by atoms with van der Waals surface area (Å²) in [5.74, 6) is 0.573. The minimum Gasteiger partial charge on any atom is -0.496 e. The quantitative estimate of drug-likeness (QED) is 0.434. The van der Waals surface area contributed by atoms with Crippen molar-refractivity contribution in [1.82, 2.24) is 5.43 Å². The zero-order chi connectivity index (χ0) is 22.5. The standard InChI is InChI=1S/C23H18ClN3O5/c1-30-19-10-9-15(24)11-17(19)22(28)26-18-7-3-2-6-16(18)23(29)27-25-12-14-5-4-8-20-21(14)32-13-31-20/h2-12H,13H2,1H3,(H,26,28)(H,27,29). The number of nitrogens with one attached hydrogen (secondary N) is 2. The number of para-hydroxylation sites is 2. The van der Waals surface area contributed by atoms with Gasteiger partial charge in [-0.05, 0) is 42.5 Å². The molecule has 2 N–H and O–H groups in total. The van der Waals surface area contributed by atoms with Gasteiger partial charge in [0.05, 0.1) is 30.1 Å². The average Bonchev–Trinajstić information content (AvgIpc) is 3.29. The van der Waals surface area contributed by atoms with Gasteiger partial charge in [-0.2, -0.15) is 5.10 Å². The largest absolute Gasteiger partial charge is 0.496 e. The molecule has 0 aliphatic carbocycles. The summed E-state index contributed by atoms with van der Waals surface area (Å²) < 4.78 is 16.0. The van der Waals surface area contributed by atoms with Crippen molar-refractivity contribution in [1.29, 1.82) is 0 Å². The Kier molecular flexibility index (Phi) is 6.23. The van der Waals surface area contributed by atoms with Crippen molar-refractivity contribution in [3.05, 3.63) is 82.4 Å². The van der Waals surface area contributed by atoms with E-state index in [1.165, 1.54) is 19.4 Å². The number of hydrazone groups is 1. The molecule has 0 radical (unpaired) electrons. The molecule has 1 aliphatic heterocycles. The molecule has 9 heteroatoms. The summed E-state index contributed by atoms with van der Waals surface area (Å²) >= 11 is 6.01. The summed E-state index contributed by atoms with van der Waals surface area (Å²) in [6, 6.07) is 16.7. The highest BCUT2D eigenvalue weighted by Crippen LogP contribution is 2.34. The molecule has 3 aromatic rings. The van der Waals surface area contributed by atoms with E-state index in [0.717, 1.165) is 0 Å². The third-order valence-corrected chi connectivity index (χ3v) is 4.86. The number of nitrogens with zero attached hydrogens (tertiary/aromatic N) is 1. The molecule has 0 saturated heterocycles. The van der Waals surface area contributed by atoms with Crippen molar-refractivity contribution in [3.63, 3.8) is 0 Å². The highest BCUT2D eigenvalue weighted by Gasteiger charge is 2.18. The predicted octanol–water partition coefficient (Wildman–Crippen LogP) is 4.09. The van der Waals surface area contributed by atoms with Crippen LogP contribution in [0.4, 0.5) is 5.69 Å². The Morgan fingerprint density at radius 3 is 2.72 bits per heavy atom. The maximum atomic E-state index is 12.8. The Bertz CT molecular complexity index is 1210. The second kappa shape index (κ2) is 9.40. The van der Waals surface area contributed by atoms with E-state index < -0.39 is 11.8 Å². The Balaban J connectivity index is 1.50. The molecule has 1 aliphatic rings. The Morgan fingerprint density at radius 2 is 1.88 bits per heavy atom. The molecule has 3 aromatic carbocycles. The lowest BCUT2D eigenvalue weighted by Gasteiger charge is -2.12. The third kappa shape index (κ3) is 4.50.